The number of fused-ring (bicyclic) bond motifs is 1. The lowest BCUT2D eigenvalue weighted by Crippen LogP contribution is -1.97. The molecule has 0 radical (unpaired) electrons. The van der Waals surface area contributed by atoms with E-state index < -0.39 is 0 Å². The Balaban J connectivity index is 1.81. The molecule has 0 heterocycles. The molecular weight excluding hydrogens is 244 g/mol. The van der Waals surface area contributed by atoms with Crippen LogP contribution in [0.4, 0.5) is 0 Å². The highest BCUT2D eigenvalue weighted by atomic mass is 35.5. The summed E-state index contributed by atoms with van der Waals surface area (Å²) < 4.78 is 5.76. The summed E-state index contributed by atoms with van der Waals surface area (Å²) in [5.74, 6) is 1.73. The van der Waals surface area contributed by atoms with Crippen LogP contribution in [0.25, 0.3) is 10.8 Å². The number of hydrogen-bond donors (Lipinski definition) is 0. The summed E-state index contributed by atoms with van der Waals surface area (Å²) in [5, 5.41) is 2.49. The summed E-state index contributed by atoms with van der Waals surface area (Å²) in [6.45, 7) is 0.792. The van der Waals surface area contributed by atoms with Crippen molar-refractivity contribution < 1.29 is 4.74 Å². The van der Waals surface area contributed by atoms with Gasteiger partial charge in [0.25, 0.3) is 0 Å². The number of hydrogen-bond acceptors (Lipinski definition) is 1. The topological polar surface area (TPSA) is 9.23 Å². The molecule has 0 spiro atoms. The molecule has 0 saturated heterocycles. The van der Waals surface area contributed by atoms with Crippen molar-refractivity contribution in [2.45, 2.75) is 25.7 Å². The molecule has 96 valence electrons. The first kappa shape index (κ1) is 13.2. The van der Waals surface area contributed by atoms with E-state index in [1.165, 1.54) is 23.6 Å². The lowest BCUT2D eigenvalue weighted by molar-refractivity contribution is 0.305. The maximum absolute atomic E-state index is 5.76. The number of ether oxygens (including phenoxy) is 1. The highest BCUT2D eigenvalue weighted by Gasteiger charge is 1.97. The van der Waals surface area contributed by atoms with E-state index in [1.54, 1.807) is 0 Å². The Morgan fingerprint density at radius 2 is 1.61 bits per heavy atom. The normalized spacial score (nSPS) is 10.7. The lowest BCUT2D eigenvalue weighted by Gasteiger charge is -2.07. The van der Waals surface area contributed by atoms with Gasteiger partial charge in [-0.1, -0.05) is 43.2 Å². The minimum Gasteiger partial charge on any atom is -0.494 e. The van der Waals surface area contributed by atoms with Crippen molar-refractivity contribution in [3.8, 4) is 5.75 Å². The first-order chi connectivity index (χ1) is 8.90. The molecule has 2 aromatic carbocycles. The monoisotopic (exact) mass is 262 g/mol. The van der Waals surface area contributed by atoms with Gasteiger partial charge < -0.3 is 4.74 Å². The SMILES string of the molecule is ClCCCCCCOc1ccc2ccccc2c1. The van der Waals surface area contributed by atoms with E-state index in [0.29, 0.717) is 0 Å². The zero-order valence-corrected chi connectivity index (χ0v) is 11.3. The Morgan fingerprint density at radius 1 is 0.833 bits per heavy atom. The van der Waals surface area contributed by atoms with Gasteiger partial charge in [-0.15, -0.1) is 11.6 Å². The van der Waals surface area contributed by atoms with Gasteiger partial charge in [-0.3, -0.25) is 0 Å². The summed E-state index contributed by atoms with van der Waals surface area (Å²) >= 11 is 5.63. The fraction of sp³-hybridized carbons (Fsp3) is 0.375. The lowest BCUT2D eigenvalue weighted by atomic mass is 10.1. The van der Waals surface area contributed by atoms with Crippen molar-refractivity contribution in [3.05, 3.63) is 42.5 Å². The van der Waals surface area contributed by atoms with E-state index >= 15 is 0 Å². The molecule has 0 aromatic heterocycles. The molecule has 2 aromatic rings. The second-order valence-corrected chi connectivity index (χ2v) is 4.84. The molecular formula is C16H19ClO. The highest BCUT2D eigenvalue weighted by Crippen LogP contribution is 2.20. The third kappa shape index (κ3) is 3.92. The van der Waals surface area contributed by atoms with Gasteiger partial charge in [-0.05, 0) is 35.7 Å². The molecule has 0 amide bonds. The van der Waals surface area contributed by atoms with Gasteiger partial charge >= 0.3 is 0 Å². The summed E-state index contributed by atoms with van der Waals surface area (Å²) in [5.41, 5.74) is 0. The van der Waals surface area contributed by atoms with Crippen LogP contribution in [0, 0.1) is 0 Å². The van der Waals surface area contributed by atoms with Crippen LogP contribution in [0.5, 0.6) is 5.75 Å². The average Bonchev–Trinajstić information content (AvgIpc) is 2.42. The Bertz CT molecular complexity index is 481. The van der Waals surface area contributed by atoms with Crippen molar-refractivity contribution in [2.24, 2.45) is 0 Å². The molecule has 0 bridgehead atoms. The van der Waals surface area contributed by atoms with Crippen molar-refractivity contribution in [3.63, 3.8) is 0 Å². The van der Waals surface area contributed by atoms with Crippen LogP contribution in [0.1, 0.15) is 25.7 Å². The minimum atomic E-state index is 0.769. The Hall–Kier alpha value is -1.21. The van der Waals surface area contributed by atoms with Gasteiger partial charge in [0.1, 0.15) is 5.75 Å². The van der Waals surface area contributed by atoms with E-state index in [1.807, 2.05) is 6.07 Å². The average molecular weight is 263 g/mol. The largest absolute Gasteiger partial charge is 0.494 e. The van der Waals surface area contributed by atoms with Gasteiger partial charge in [0, 0.05) is 5.88 Å². The molecule has 2 heteroatoms. The first-order valence-corrected chi connectivity index (χ1v) is 7.11. The summed E-state index contributed by atoms with van der Waals surface area (Å²) in [6, 6.07) is 14.6. The maximum atomic E-state index is 5.76. The van der Waals surface area contributed by atoms with Crippen LogP contribution in [-0.4, -0.2) is 12.5 Å². The van der Waals surface area contributed by atoms with Gasteiger partial charge in [-0.2, -0.15) is 0 Å². The Kier molecular flexibility index (Phi) is 5.35. The van der Waals surface area contributed by atoms with Gasteiger partial charge in [0.15, 0.2) is 0 Å². The van der Waals surface area contributed by atoms with Crippen LogP contribution in [0.2, 0.25) is 0 Å². The summed E-state index contributed by atoms with van der Waals surface area (Å²) in [6.07, 6.45) is 4.60. The number of alkyl halides is 1. The van der Waals surface area contributed by atoms with Crippen LogP contribution < -0.4 is 4.74 Å². The number of halogens is 1. The molecule has 0 aliphatic heterocycles. The second kappa shape index (κ2) is 7.27. The molecule has 0 atom stereocenters. The number of rotatable bonds is 7. The summed E-state index contributed by atoms with van der Waals surface area (Å²) in [7, 11) is 0. The minimum absolute atomic E-state index is 0.769. The molecule has 0 aliphatic rings. The molecule has 1 nitrogen and oxygen atoms in total. The molecule has 0 fully saturated rings. The molecule has 0 N–H and O–H groups in total. The molecule has 0 saturated carbocycles. The predicted molar refractivity (Wildman–Crippen MR) is 78.6 cm³/mol. The standard InChI is InChI=1S/C16H19ClO/c17-11-5-1-2-6-12-18-16-10-9-14-7-3-4-8-15(14)13-16/h3-4,7-10,13H,1-2,5-6,11-12H2. The highest BCUT2D eigenvalue weighted by molar-refractivity contribution is 6.17. The molecule has 0 aliphatic carbocycles. The van der Waals surface area contributed by atoms with E-state index in [4.69, 9.17) is 16.3 Å². The zero-order valence-electron chi connectivity index (χ0n) is 10.6. The quantitative estimate of drug-likeness (QED) is 0.503. The van der Waals surface area contributed by atoms with Crippen LogP contribution in [0.3, 0.4) is 0 Å². The fourth-order valence-electron chi connectivity index (χ4n) is 2.00. The van der Waals surface area contributed by atoms with E-state index in [2.05, 4.69) is 36.4 Å². The van der Waals surface area contributed by atoms with Gasteiger partial charge in [-0.25, -0.2) is 0 Å². The van der Waals surface area contributed by atoms with Crippen LogP contribution in [0.15, 0.2) is 42.5 Å². The van der Waals surface area contributed by atoms with Crippen LogP contribution >= 0.6 is 11.6 Å². The van der Waals surface area contributed by atoms with E-state index in [-0.39, 0.29) is 0 Å². The Labute approximate surface area is 114 Å². The van der Waals surface area contributed by atoms with E-state index in [0.717, 1.165) is 31.1 Å². The molecule has 18 heavy (non-hydrogen) atoms. The van der Waals surface area contributed by atoms with Gasteiger partial charge in [0.2, 0.25) is 0 Å². The third-order valence-electron chi connectivity index (χ3n) is 3.02. The Morgan fingerprint density at radius 3 is 2.44 bits per heavy atom. The predicted octanol–water partition coefficient (Wildman–Crippen LogP) is 5.02. The summed E-state index contributed by atoms with van der Waals surface area (Å²) in [4.78, 5) is 0. The second-order valence-electron chi connectivity index (χ2n) is 4.46. The third-order valence-corrected chi connectivity index (χ3v) is 3.28. The maximum Gasteiger partial charge on any atom is 0.119 e. The first-order valence-electron chi connectivity index (χ1n) is 6.58. The number of benzene rings is 2. The number of unbranched alkanes of at least 4 members (excludes halogenated alkanes) is 3. The van der Waals surface area contributed by atoms with Crippen molar-refractivity contribution >= 4 is 22.4 Å². The van der Waals surface area contributed by atoms with Gasteiger partial charge in [0.05, 0.1) is 6.61 Å². The van der Waals surface area contributed by atoms with Crippen molar-refractivity contribution in [1.29, 1.82) is 0 Å². The molecule has 0 unspecified atom stereocenters. The van der Waals surface area contributed by atoms with Crippen molar-refractivity contribution in [1.82, 2.24) is 0 Å². The van der Waals surface area contributed by atoms with Crippen LogP contribution in [-0.2, 0) is 0 Å². The fourth-order valence-corrected chi connectivity index (χ4v) is 2.19. The zero-order chi connectivity index (χ0) is 12.6. The molecule has 2 rings (SSSR count). The van der Waals surface area contributed by atoms with Crippen molar-refractivity contribution in [2.75, 3.05) is 12.5 Å². The smallest absolute Gasteiger partial charge is 0.119 e. The van der Waals surface area contributed by atoms with E-state index in [9.17, 15) is 0 Å².